The van der Waals surface area contributed by atoms with Crippen molar-refractivity contribution in [2.75, 3.05) is 0 Å². The molecule has 14 aromatic rings. The minimum Gasteiger partial charge on any atom is -0.456 e. The van der Waals surface area contributed by atoms with Gasteiger partial charge in [-0.3, -0.25) is 4.57 Å². The average Bonchev–Trinajstić information content (AvgIpc) is 4.11. The van der Waals surface area contributed by atoms with Crippen LogP contribution in [0.3, 0.4) is 0 Å². The predicted molar refractivity (Wildman–Crippen MR) is 281 cm³/mol. The number of hydrogen-bond donors (Lipinski definition) is 0. The molecule has 14 rings (SSSR count). The monoisotopic (exact) mass is 882 g/mol. The van der Waals surface area contributed by atoms with Crippen LogP contribution in [-0.2, 0) is 0 Å². The van der Waals surface area contributed by atoms with E-state index in [0.29, 0.717) is 17.6 Å². The fraction of sp³-hybridized carbons (Fsp3) is 0. The van der Waals surface area contributed by atoms with Crippen LogP contribution in [-0.4, -0.2) is 19.5 Å². The van der Waals surface area contributed by atoms with Crippen LogP contribution in [0, 0.1) is 0 Å². The van der Waals surface area contributed by atoms with Crippen molar-refractivity contribution in [3.63, 3.8) is 0 Å². The third kappa shape index (κ3) is 6.45. The highest BCUT2D eigenvalue weighted by Gasteiger charge is 2.22. The van der Waals surface area contributed by atoms with Crippen LogP contribution in [0.4, 0.5) is 0 Å². The molecule has 0 saturated heterocycles. The van der Waals surface area contributed by atoms with Crippen molar-refractivity contribution in [3.05, 3.63) is 231 Å². The van der Waals surface area contributed by atoms with Gasteiger partial charge in [0, 0.05) is 54.6 Å². The Morgan fingerprint density at radius 3 is 1.57 bits per heavy atom. The number of rotatable bonds is 7. The Balaban J connectivity index is 0.973. The van der Waals surface area contributed by atoms with Crippen molar-refractivity contribution in [1.82, 2.24) is 19.5 Å². The predicted octanol–water partition coefficient (Wildman–Crippen LogP) is 16.8. The van der Waals surface area contributed by atoms with Gasteiger partial charge in [0.2, 0.25) is 5.95 Å². The van der Waals surface area contributed by atoms with Crippen molar-refractivity contribution in [1.29, 1.82) is 0 Å². The van der Waals surface area contributed by atoms with E-state index < -0.39 is 0 Å². The summed E-state index contributed by atoms with van der Waals surface area (Å²) >= 11 is 0. The molecule has 69 heavy (non-hydrogen) atoms. The number of nitrogens with zero attached hydrogens (tertiary/aromatic N) is 4. The number of aromatic nitrogens is 4. The normalized spacial score (nSPS) is 11.8. The van der Waals surface area contributed by atoms with Gasteiger partial charge < -0.3 is 8.83 Å². The second-order valence-corrected chi connectivity index (χ2v) is 17.5. The Morgan fingerprint density at radius 2 is 0.812 bits per heavy atom. The average molecular weight is 883 g/mol. The van der Waals surface area contributed by atoms with Crippen LogP contribution in [0.5, 0.6) is 0 Å². The van der Waals surface area contributed by atoms with Gasteiger partial charge in [0.05, 0.1) is 11.0 Å². The molecule has 0 aliphatic heterocycles. The molecular weight excluding hydrogens is 845 g/mol. The number of para-hydroxylation sites is 4. The summed E-state index contributed by atoms with van der Waals surface area (Å²) in [5.41, 5.74) is 15.9. The minimum absolute atomic E-state index is 0.520. The van der Waals surface area contributed by atoms with Gasteiger partial charge in [-0.15, -0.1) is 0 Å². The van der Waals surface area contributed by atoms with Crippen LogP contribution in [0.2, 0.25) is 0 Å². The molecule has 4 aromatic heterocycles. The van der Waals surface area contributed by atoms with Crippen molar-refractivity contribution < 1.29 is 8.83 Å². The fourth-order valence-corrected chi connectivity index (χ4v) is 10.2. The maximum atomic E-state index is 6.48. The lowest BCUT2D eigenvalue weighted by atomic mass is 9.95. The Hall–Kier alpha value is -9.39. The molecule has 0 saturated carbocycles. The maximum absolute atomic E-state index is 6.48. The zero-order valence-electron chi connectivity index (χ0n) is 37.0. The first kappa shape index (κ1) is 38.8. The molecule has 0 unspecified atom stereocenters. The Morgan fingerprint density at radius 1 is 0.290 bits per heavy atom. The van der Waals surface area contributed by atoms with E-state index in [1.807, 2.05) is 66.7 Å². The van der Waals surface area contributed by atoms with Gasteiger partial charge in [0.1, 0.15) is 22.3 Å². The molecule has 10 aromatic carbocycles. The molecule has 0 aliphatic carbocycles. The Labute approximate surface area is 396 Å². The van der Waals surface area contributed by atoms with E-state index in [9.17, 15) is 0 Å². The highest BCUT2D eigenvalue weighted by atomic mass is 16.3. The van der Waals surface area contributed by atoms with E-state index in [1.165, 1.54) is 0 Å². The molecule has 6 heteroatoms. The van der Waals surface area contributed by atoms with Gasteiger partial charge in [-0.25, -0.2) is 4.98 Å². The second-order valence-electron chi connectivity index (χ2n) is 17.5. The SMILES string of the molecule is c1ccc(-c2ccc3c(c2)c2cccc(-c4cccc(-c5cccc(-c6cccc7c6oc6ccccc67)c5)c4)c2n3-c2nc(-c3ccccc3)nc(-c3ccc4c(c3)oc3ccccc34)n2)cc1. The molecule has 4 heterocycles. The van der Waals surface area contributed by atoms with Crippen LogP contribution in [0.25, 0.3) is 139 Å². The van der Waals surface area contributed by atoms with Gasteiger partial charge in [0.25, 0.3) is 0 Å². The van der Waals surface area contributed by atoms with Gasteiger partial charge in [0.15, 0.2) is 11.6 Å². The molecule has 0 spiro atoms. The molecule has 0 amide bonds. The maximum Gasteiger partial charge on any atom is 0.238 e. The molecule has 0 atom stereocenters. The topological polar surface area (TPSA) is 69.9 Å². The number of benzene rings is 10. The molecule has 0 radical (unpaired) electrons. The summed E-state index contributed by atoms with van der Waals surface area (Å²) in [4.78, 5) is 15.9. The molecule has 0 bridgehead atoms. The van der Waals surface area contributed by atoms with E-state index in [0.717, 1.165) is 121 Å². The molecule has 322 valence electrons. The van der Waals surface area contributed by atoms with Gasteiger partial charge in [-0.2, -0.15) is 9.97 Å². The summed E-state index contributed by atoms with van der Waals surface area (Å²) in [6, 6.07) is 80.6. The van der Waals surface area contributed by atoms with Gasteiger partial charge in [-0.1, -0.05) is 182 Å². The van der Waals surface area contributed by atoms with Crippen LogP contribution in [0.15, 0.2) is 239 Å². The first-order valence-corrected chi connectivity index (χ1v) is 23.2. The minimum atomic E-state index is 0.520. The summed E-state index contributed by atoms with van der Waals surface area (Å²) in [6.45, 7) is 0. The number of hydrogen-bond acceptors (Lipinski definition) is 5. The standard InChI is InChI=1S/C63H38N4O2/c1-3-15-39(16-4-1)43-32-34-55-54(37-43)52-27-13-25-47(44-21-11-19-41(35-44)42-20-12-22-45(36-42)48-26-14-28-53-50-24-8-10-30-57(50)69-60(48)53)59(52)67(55)63-65-61(40-17-5-2-6-18-40)64-62(66-63)46-31-33-51-49-23-7-9-29-56(49)68-58(51)38-46/h1-38H. The third-order valence-corrected chi connectivity index (χ3v) is 13.5. The van der Waals surface area contributed by atoms with E-state index in [2.05, 4.69) is 168 Å². The quantitative estimate of drug-likeness (QED) is 0.159. The van der Waals surface area contributed by atoms with E-state index >= 15 is 0 Å². The summed E-state index contributed by atoms with van der Waals surface area (Å²) in [5.74, 6) is 1.65. The van der Waals surface area contributed by atoms with Crippen LogP contribution < -0.4 is 0 Å². The first-order chi connectivity index (χ1) is 34.2. The van der Waals surface area contributed by atoms with E-state index in [-0.39, 0.29) is 0 Å². The molecule has 0 N–H and O–H groups in total. The zero-order valence-corrected chi connectivity index (χ0v) is 37.0. The lowest BCUT2D eigenvalue weighted by Gasteiger charge is -2.14. The lowest BCUT2D eigenvalue weighted by Crippen LogP contribution is -2.07. The third-order valence-electron chi connectivity index (χ3n) is 13.5. The van der Waals surface area contributed by atoms with E-state index in [1.54, 1.807) is 0 Å². The van der Waals surface area contributed by atoms with Crippen molar-refractivity contribution in [2.45, 2.75) is 0 Å². The lowest BCUT2D eigenvalue weighted by molar-refractivity contribution is 0.669. The van der Waals surface area contributed by atoms with Crippen molar-refractivity contribution >= 4 is 65.7 Å². The smallest absolute Gasteiger partial charge is 0.238 e. The summed E-state index contributed by atoms with van der Waals surface area (Å²) < 4.78 is 15.1. The van der Waals surface area contributed by atoms with Gasteiger partial charge in [-0.05, 0) is 81.9 Å². The zero-order chi connectivity index (χ0) is 45.4. The fourth-order valence-electron chi connectivity index (χ4n) is 10.2. The number of furan rings is 2. The van der Waals surface area contributed by atoms with Crippen molar-refractivity contribution in [3.8, 4) is 73.2 Å². The first-order valence-electron chi connectivity index (χ1n) is 23.2. The van der Waals surface area contributed by atoms with Crippen molar-refractivity contribution in [2.24, 2.45) is 0 Å². The molecular formula is C63H38N4O2. The van der Waals surface area contributed by atoms with Crippen LogP contribution in [0.1, 0.15) is 0 Å². The number of fused-ring (bicyclic) bond motifs is 9. The second kappa shape index (κ2) is 15.6. The molecule has 6 nitrogen and oxygen atoms in total. The summed E-state index contributed by atoms with van der Waals surface area (Å²) in [6.07, 6.45) is 0. The Bertz CT molecular complexity index is 4320. The highest BCUT2D eigenvalue weighted by Crippen LogP contribution is 2.42. The Kier molecular flexibility index (Phi) is 8.79. The van der Waals surface area contributed by atoms with Gasteiger partial charge >= 0.3 is 0 Å². The summed E-state index contributed by atoms with van der Waals surface area (Å²) in [7, 11) is 0. The largest absolute Gasteiger partial charge is 0.456 e. The highest BCUT2D eigenvalue weighted by molar-refractivity contribution is 6.15. The van der Waals surface area contributed by atoms with Crippen LogP contribution >= 0.6 is 0 Å². The summed E-state index contributed by atoms with van der Waals surface area (Å²) in [5, 5.41) is 6.55. The molecule has 0 fully saturated rings. The molecule has 0 aliphatic rings. The van der Waals surface area contributed by atoms with E-state index in [4.69, 9.17) is 23.8 Å².